The van der Waals surface area contributed by atoms with E-state index in [1.54, 1.807) is 0 Å². The van der Waals surface area contributed by atoms with Crippen LogP contribution < -0.4 is 0 Å². The summed E-state index contributed by atoms with van der Waals surface area (Å²) in [5, 5.41) is 0. The molecule has 0 amide bonds. The van der Waals surface area contributed by atoms with Crippen molar-refractivity contribution in [3.63, 3.8) is 0 Å². The Kier molecular flexibility index (Phi) is 2.72. The molecule has 0 bridgehead atoms. The van der Waals surface area contributed by atoms with Crippen LogP contribution in [0, 0.1) is 13.0 Å². The molecule has 1 aliphatic rings. The first kappa shape index (κ1) is 8.06. The molecule has 0 aromatic carbocycles. The van der Waals surface area contributed by atoms with Crippen LogP contribution in [-0.4, -0.2) is 18.0 Å². The Morgan fingerprint density at radius 3 is 2.10 bits per heavy atom. The van der Waals surface area contributed by atoms with Gasteiger partial charge in [-0.25, -0.2) is 0 Å². The zero-order chi connectivity index (χ0) is 7.56. The quantitative estimate of drug-likeness (QED) is 0.503. The maximum absolute atomic E-state index is 5.65. The highest BCUT2D eigenvalue weighted by Crippen LogP contribution is 2.25. The molecule has 1 fully saturated rings. The van der Waals surface area contributed by atoms with Crippen LogP contribution in [0.1, 0.15) is 32.6 Å². The van der Waals surface area contributed by atoms with Gasteiger partial charge in [-0.05, 0) is 38.6 Å². The summed E-state index contributed by atoms with van der Waals surface area (Å²) in [4.78, 5) is 1.87. The Morgan fingerprint density at radius 1 is 1.20 bits per heavy atom. The van der Waals surface area contributed by atoms with Crippen LogP contribution in [0.2, 0.25) is 0 Å². The molecule has 0 saturated heterocycles. The standard InChI is InChI=1S/C9H17N/c1-8-4-6-9(7-5-8)10(2)3/h2,8-9H,4-7H2,1,3H3. The summed E-state index contributed by atoms with van der Waals surface area (Å²) in [7, 11) is 7.62. The van der Waals surface area contributed by atoms with E-state index in [9.17, 15) is 0 Å². The lowest BCUT2D eigenvalue weighted by molar-refractivity contribution is 0.217. The molecule has 10 heavy (non-hydrogen) atoms. The number of rotatable bonds is 1. The fraction of sp³-hybridized carbons (Fsp3) is 0.889. The minimum Gasteiger partial charge on any atom is -0.297 e. The van der Waals surface area contributed by atoms with Gasteiger partial charge < -0.3 is 0 Å². The molecule has 0 aliphatic heterocycles. The van der Waals surface area contributed by atoms with E-state index in [0.29, 0.717) is 6.04 Å². The maximum atomic E-state index is 5.65. The average molecular weight is 139 g/mol. The molecule has 1 saturated carbocycles. The summed E-state index contributed by atoms with van der Waals surface area (Å²) in [6.45, 7) is 2.33. The molecule has 0 aromatic rings. The van der Waals surface area contributed by atoms with E-state index in [0.717, 1.165) is 5.92 Å². The third-order valence-electron chi connectivity index (χ3n) is 2.56. The molecule has 1 aliphatic carbocycles. The topological polar surface area (TPSA) is 3.24 Å². The van der Waals surface area contributed by atoms with Crippen LogP contribution in [0.3, 0.4) is 0 Å². The average Bonchev–Trinajstić information content (AvgIpc) is 1.88. The van der Waals surface area contributed by atoms with Gasteiger partial charge in [0, 0.05) is 13.1 Å². The highest BCUT2D eigenvalue weighted by atomic mass is 15.1. The largest absolute Gasteiger partial charge is 0.297 e. The lowest BCUT2D eigenvalue weighted by Gasteiger charge is -2.30. The molecule has 0 aromatic heterocycles. The maximum Gasteiger partial charge on any atom is 0.0438 e. The van der Waals surface area contributed by atoms with E-state index >= 15 is 0 Å². The Labute approximate surface area is 64.4 Å². The third-order valence-corrected chi connectivity index (χ3v) is 2.56. The smallest absolute Gasteiger partial charge is 0.0438 e. The molecule has 0 N–H and O–H groups in total. The van der Waals surface area contributed by atoms with Gasteiger partial charge in [-0.2, -0.15) is 0 Å². The van der Waals surface area contributed by atoms with Gasteiger partial charge in [0.15, 0.2) is 0 Å². The zero-order valence-electron chi connectivity index (χ0n) is 7.01. The van der Waals surface area contributed by atoms with Crippen molar-refractivity contribution in [1.29, 1.82) is 0 Å². The second-order valence-electron chi connectivity index (χ2n) is 3.58. The molecule has 1 heteroatoms. The van der Waals surface area contributed by atoms with Gasteiger partial charge in [-0.1, -0.05) is 6.92 Å². The van der Waals surface area contributed by atoms with Crippen molar-refractivity contribution in [1.82, 2.24) is 4.90 Å². The predicted octanol–water partition coefficient (Wildman–Crippen LogP) is 2.17. The van der Waals surface area contributed by atoms with Crippen LogP contribution in [0.25, 0.3) is 0 Å². The van der Waals surface area contributed by atoms with Crippen molar-refractivity contribution in [2.24, 2.45) is 5.92 Å². The molecule has 1 nitrogen and oxygen atoms in total. The molecule has 2 radical (unpaired) electrons. The molecule has 0 atom stereocenters. The van der Waals surface area contributed by atoms with Crippen molar-refractivity contribution in [2.45, 2.75) is 38.6 Å². The van der Waals surface area contributed by atoms with Crippen molar-refractivity contribution < 1.29 is 0 Å². The van der Waals surface area contributed by atoms with Gasteiger partial charge in [0.1, 0.15) is 0 Å². The van der Waals surface area contributed by atoms with Crippen LogP contribution in [-0.2, 0) is 0 Å². The molecule has 1 rings (SSSR count). The normalized spacial score (nSPS) is 34.8. The van der Waals surface area contributed by atoms with Gasteiger partial charge >= 0.3 is 0 Å². The highest BCUT2D eigenvalue weighted by Gasteiger charge is 2.19. The molecule has 0 unspecified atom stereocenters. The molecular weight excluding hydrogens is 122 g/mol. The molecule has 0 spiro atoms. The molecular formula is C9H17N. The van der Waals surface area contributed by atoms with Crippen LogP contribution >= 0.6 is 0 Å². The van der Waals surface area contributed by atoms with Crippen LogP contribution in [0.15, 0.2) is 0 Å². The summed E-state index contributed by atoms with van der Waals surface area (Å²) in [6, 6.07) is 0.649. The predicted molar refractivity (Wildman–Crippen MR) is 43.5 cm³/mol. The summed E-state index contributed by atoms with van der Waals surface area (Å²) >= 11 is 0. The van der Waals surface area contributed by atoms with E-state index in [4.69, 9.17) is 7.05 Å². The summed E-state index contributed by atoms with van der Waals surface area (Å²) in [6.07, 6.45) is 5.28. The number of hydrogen-bond donors (Lipinski definition) is 0. The molecule has 0 heterocycles. The summed E-state index contributed by atoms with van der Waals surface area (Å²) in [5.41, 5.74) is 0. The van der Waals surface area contributed by atoms with Gasteiger partial charge in [-0.3, -0.25) is 4.90 Å². The Balaban J connectivity index is 2.26. The first-order chi connectivity index (χ1) is 4.70. The van der Waals surface area contributed by atoms with Gasteiger partial charge in [0.25, 0.3) is 0 Å². The van der Waals surface area contributed by atoms with E-state index in [1.807, 2.05) is 11.9 Å². The van der Waals surface area contributed by atoms with Gasteiger partial charge in [0.2, 0.25) is 0 Å². The van der Waals surface area contributed by atoms with E-state index in [1.165, 1.54) is 25.7 Å². The minimum atomic E-state index is 0.649. The summed E-state index contributed by atoms with van der Waals surface area (Å²) < 4.78 is 0. The third kappa shape index (κ3) is 1.98. The second kappa shape index (κ2) is 3.38. The van der Waals surface area contributed by atoms with E-state index in [-0.39, 0.29) is 0 Å². The number of hydrogen-bond acceptors (Lipinski definition) is 1. The fourth-order valence-corrected chi connectivity index (χ4v) is 1.65. The van der Waals surface area contributed by atoms with E-state index in [2.05, 4.69) is 6.92 Å². The van der Waals surface area contributed by atoms with Gasteiger partial charge in [0.05, 0.1) is 0 Å². The van der Waals surface area contributed by atoms with E-state index < -0.39 is 0 Å². The van der Waals surface area contributed by atoms with Crippen molar-refractivity contribution >= 4 is 0 Å². The Morgan fingerprint density at radius 2 is 1.70 bits per heavy atom. The monoisotopic (exact) mass is 139 g/mol. The first-order valence-electron chi connectivity index (χ1n) is 4.17. The lowest BCUT2D eigenvalue weighted by atomic mass is 9.87. The summed E-state index contributed by atoms with van der Waals surface area (Å²) in [5.74, 6) is 0.927. The highest BCUT2D eigenvalue weighted by molar-refractivity contribution is 4.75. The van der Waals surface area contributed by atoms with Crippen molar-refractivity contribution in [2.75, 3.05) is 7.05 Å². The van der Waals surface area contributed by atoms with Crippen LogP contribution in [0.4, 0.5) is 0 Å². The van der Waals surface area contributed by atoms with Crippen LogP contribution in [0.5, 0.6) is 0 Å². The Hall–Kier alpha value is -0.0400. The zero-order valence-corrected chi connectivity index (χ0v) is 7.01. The van der Waals surface area contributed by atoms with Gasteiger partial charge in [-0.15, -0.1) is 0 Å². The minimum absolute atomic E-state index is 0.649. The fourth-order valence-electron chi connectivity index (χ4n) is 1.65. The second-order valence-corrected chi connectivity index (χ2v) is 3.58. The number of nitrogens with zero attached hydrogens (tertiary/aromatic N) is 1. The first-order valence-corrected chi connectivity index (χ1v) is 4.17. The Bertz CT molecular complexity index is 90.9. The van der Waals surface area contributed by atoms with Crippen molar-refractivity contribution in [3.8, 4) is 0 Å². The van der Waals surface area contributed by atoms with Crippen molar-refractivity contribution in [3.05, 3.63) is 7.05 Å². The SMILES string of the molecule is [CH]N(C)C1CCC(C)CC1. The lowest BCUT2D eigenvalue weighted by Crippen LogP contribution is -2.30. The molecule has 58 valence electrons.